The van der Waals surface area contributed by atoms with E-state index in [-0.39, 0.29) is 25.4 Å². The van der Waals surface area contributed by atoms with Gasteiger partial charge in [-0.05, 0) is 38.5 Å². The van der Waals surface area contributed by atoms with Crippen molar-refractivity contribution in [3.8, 4) is 0 Å². The number of nitrogens with two attached hydrogens (primary N) is 1. The highest BCUT2D eigenvalue weighted by Gasteiger charge is 2.22. The van der Waals surface area contributed by atoms with Gasteiger partial charge < -0.3 is 15.2 Å². The summed E-state index contributed by atoms with van der Waals surface area (Å²) in [7, 11) is 0. The van der Waals surface area contributed by atoms with Crippen molar-refractivity contribution in [3.63, 3.8) is 0 Å². The van der Waals surface area contributed by atoms with Gasteiger partial charge in [0.2, 0.25) is 0 Å². The molecule has 0 radical (unpaired) electrons. The number of unbranched alkanes of at least 4 members (excludes halogenated alkanes) is 19. The van der Waals surface area contributed by atoms with Crippen LogP contribution in [0.2, 0.25) is 0 Å². The molecule has 242 valence electrons. The maximum atomic E-state index is 12.7. The first kappa shape index (κ1) is 39.6. The van der Waals surface area contributed by atoms with Crippen molar-refractivity contribution in [1.82, 2.24) is 0 Å². The van der Waals surface area contributed by atoms with Gasteiger partial charge in [-0.1, -0.05) is 143 Å². The van der Waals surface area contributed by atoms with Gasteiger partial charge in [-0.3, -0.25) is 14.4 Å². The molecule has 2 atom stereocenters. The van der Waals surface area contributed by atoms with Crippen LogP contribution in [0, 0.1) is 0 Å². The standard InChI is InChI=1S/C35H67NO5/c1-4-7-10-13-16-17-19-22-25-28-33(37)41-34(38)30-29-32(36)35(39)40-31(26-23-20-15-12-9-6-3)27-24-21-18-14-11-8-5-2/h31-32H,4-30,36H2,1-3H3. The van der Waals surface area contributed by atoms with Gasteiger partial charge >= 0.3 is 17.9 Å². The average Bonchev–Trinajstić information content (AvgIpc) is 2.96. The highest BCUT2D eigenvalue weighted by atomic mass is 16.6. The SMILES string of the molecule is CCCCCCCCCCCC(=O)OC(=O)CCC(N)C(=O)OC(CCCCCCCC)CCCCCCCCC. The molecule has 2 N–H and O–H groups in total. The van der Waals surface area contributed by atoms with E-state index in [9.17, 15) is 14.4 Å². The molecule has 0 aromatic heterocycles. The molecule has 0 heterocycles. The van der Waals surface area contributed by atoms with Gasteiger partial charge in [0.25, 0.3) is 0 Å². The fourth-order valence-electron chi connectivity index (χ4n) is 5.20. The van der Waals surface area contributed by atoms with Gasteiger partial charge in [0.05, 0.1) is 0 Å². The molecule has 0 rings (SSSR count). The molecule has 6 nitrogen and oxygen atoms in total. The molecule has 0 aromatic carbocycles. The van der Waals surface area contributed by atoms with Crippen LogP contribution in [0.4, 0.5) is 0 Å². The Labute approximate surface area is 253 Å². The molecule has 0 saturated heterocycles. The van der Waals surface area contributed by atoms with Crippen molar-refractivity contribution in [2.24, 2.45) is 5.73 Å². The summed E-state index contributed by atoms with van der Waals surface area (Å²) >= 11 is 0. The summed E-state index contributed by atoms with van der Waals surface area (Å²) in [6.07, 6.45) is 28.2. The lowest BCUT2D eigenvalue weighted by molar-refractivity contribution is -0.159. The van der Waals surface area contributed by atoms with Crippen LogP contribution in [0.25, 0.3) is 0 Å². The molecule has 0 bridgehead atoms. The zero-order valence-corrected chi connectivity index (χ0v) is 27.4. The van der Waals surface area contributed by atoms with Crippen molar-refractivity contribution < 1.29 is 23.9 Å². The van der Waals surface area contributed by atoms with E-state index in [0.29, 0.717) is 0 Å². The van der Waals surface area contributed by atoms with E-state index in [2.05, 4.69) is 20.8 Å². The summed E-state index contributed by atoms with van der Waals surface area (Å²) < 4.78 is 10.8. The van der Waals surface area contributed by atoms with Crippen molar-refractivity contribution in [3.05, 3.63) is 0 Å². The highest BCUT2D eigenvalue weighted by Crippen LogP contribution is 2.18. The molecule has 0 spiro atoms. The summed E-state index contributed by atoms with van der Waals surface area (Å²) in [5, 5.41) is 0. The van der Waals surface area contributed by atoms with Crippen LogP contribution in [0.3, 0.4) is 0 Å². The van der Waals surface area contributed by atoms with E-state index in [1.54, 1.807) is 0 Å². The molecule has 6 heteroatoms. The van der Waals surface area contributed by atoms with Crippen LogP contribution in [0.1, 0.15) is 194 Å². The van der Waals surface area contributed by atoms with Gasteiger partial charge in [0.1, 0.15) is 12.1 Å². The molecule has 41 heavy (non-hydrogen) atoms. The third-order valence-corrected chi connectivity index (χ3v) is 7.97. The van der Waals surface area contributed by atoms with E-state index >= 15 is 0 Å². The molecule has 2 unspecified atom stereocenters. The summed E-state index contributed by atoms with van der Waals surface area (Å²) in [6, 6.07) is -0.879. The highest BCUT2D eigenvalue weighted by molar-refractivity contribution is 5.85. The zero-order chi connectivity index (χ0) is 30.4. The van der Waals surface area contributed by atoms with E-state index < -0.39 is 23.9 Å². The molecule has 0 saturated carbocycles. The minimum atomic E-state index is -0.879. The Morgan fingerprint density at radius 2 is 0.854 bits per heavy atom. The number of ether oxygens (including phenoxy) is 2. The second kappa shape index (κ2) is 30.0. The topological polar surface area (TPSA) is 95.7 Å². The number of esters is 3. The van der Waals surface area contributed by atoms with Crippen molar-refractivity contribution in [1.29, 1.82) is 0 Å². The number of rotatable bonds is 30. The Balaban J connectivity index is 4.25. The fourth-order valence-corrected chi connectivity index (χ4v) is 5.20. The molecule has 0 aromatic rings. The lowest BCUT2D eigenvalue weighted by Gasteiger charge is -2.20. The van der Waals surface area contributed by atoms with Crippen LogP contribution < -0.4 is 5.73 Å². The quantitative estimate of drug-likeness (QED) is 0.0515. The third-order valence-electron chi connectivity index (χ3n) is 7.97. The Morgan fingerprint density at radius 1 is 0.488 bits per heavy atom. The van der Waals surface area contributed by atoms with Crippen LogP contribution >= 0.6 is 0 Å². The molecular formula is C35H67NO5. The largest absolute Gasteiger partial charge is 0.461 e. The zero-order valence-electron chi connectivity index (χ0n) is 27.4. The van der Waals surface area contributed by atoms with Crippen LogP contribution in [-0.4, -0.2) is 30.1 Å². The Morgan fingerprint density at radius 3 is 1.29 bits per heavy atom. The van der Waals surface area contributed by atoms with Crippen LogP contribution in [0.5, 0.6) is 0 Å². The number of carbonyl (C=O) groups excluding carboxylic acids is 3. The minimum absolute atomic E-state index is 0.0559. The molecule has 0 aliphatic heterocycles. The van der Waals surface area contributed by atoms with E-state index in [0.717, 1.165) is 51.4 Å². The molecule has 0 aliphatic carbocycles. The first-order chi connectivity index (χ1) is 19.9. The summed E-state index contributed by atoms with van der Waals surface area (Å²) in [6.45, 7) is 6.67. The second-order valence-electron chi connectivity index (χ2n) is 12.1. The van der Waals surface area contributed by atoms with E-state index in [1.165, 1.54) is 103 Å². The Kier molecular flexibility index (Phi) is 29.0. The molecular weight excluding hydrogens is 514 g/mol. The Hall–Kier alpha value is -1.43. The fraction of sp³-hybridized carbons (Fsp3) is 0.914. The van der Waals surface area contributed by atoms with E-state index in [1.807, 2.05) is 0 Å². The maximum absolute atomic E-state index is 12.7. The Bertz CT molecular complexity index is 624. The third kappa shape index (κ3) is 27.2. The van der Waals surface area contributed by atoms with Crippen molar-refractivity contribution in [2.75, 3.05) is 0 Å². The van der Waals surface area contributed by atoms with Gasteiger partial charge in [0.15, 0.2) is 0 Å². The molecule has 0 fully saturated rings. The summed E-state index contributed by atoms with van der Waals surface area (Å²) in [5.74, 6) is -1.54. The smallest absolute Gasteiger partial charge is 0.323 e. The monoisotopic (exact) mass is 582 g/mol. The van der Waals surface area contributed by atoms with E-state index in [4.69, 9.17) is 15.2 Å². The van der Waals surface area contributed by atoms with Gasteiger partial charge in [-0.2, -0.15) is 0 Å². The van der Waals surface area contributed by atoms with Crippen LogP contribution in [-0.2, 0) is 23.9 Å². The predicted octanol–water partition coefficient (Wildman–Crippen LogP) is 9.89. The molecule has 0 aliphatic rings. The van der Waals surface area contributed by atoms with Gasteiger partial charge in [-0.25, -0.2) is 0 Å². The first-order valence-corrected chi connectivity index (χ1v) is 17.6. The van der Waals surface area contributed by atoms with Crippen molar-refractivity contribution >= 4 is 17.9 Å². The predicted molar refractivity (Wildman–Crippen MR) is 171 cm³/mol. The number of hydrogen-bond acceptors (Lipinski definition) is 6. The number of hydrogen-bond donors (Lipinski definition) is 1. The minimum Gasteiger partial charge on any atom is -0.461 e. The first-order valence-electron chi connectivity index (χ1n) is 17.6. The summed E-state index contributed by atoms with van der Waals surface area (Å²) in [4.78, 5) is 36.8. The molecule has 0 amide bonds. The lowest BCUT2D eigenvalue weighted by Crippen LogP contribution is -2.35. The lowest BCUT2D eigenvalue weighted by atomic mass is 10.0. The van der Waals surface area contributed by atoms with Gasteiger partial charge in [0, 0.05) is 12.8 Å². The average molecular weight is 582 g/mol. The normalized spacial score (nSPS) is 12.7. The van der Waals surface area contributed by atoms with Crippen molar-refractivity contribution in [2.45, 2.75) is 206 Å². The summed E-state index contributed by atoms with van der Waals surface area (Å²) in [5.41, 5.74) is 6.07. The maximum Gasteiger partial charge on any atom is 0.323 e. The second-order valence-corrected chi connectivity index (χ2v) is 12.1. The van der Waals surface area contributed by atoms with Crippen LogP contribution in [0.15, 0.2) is 0 Å². The van der Waals surface area contributed by atoms with Gasteiger partial charge in [-0.15, -0.1) is 0 Å². The number of carbonyl (C=O) groups is 3.